The van der Waals surface area contributed by atoms with Crippen molar-refractivity contribution in [3.05, 3.63) is 40.9 Å². The van der Waals surface area contributed by atoms with Crippen LogP contribution in [-0.4, -0.2) is 23.5 Å². The van der Waals surface area contributed by atoms with E-state index in [1.54, 1.807) is 6.92 Å². The largest absolute Gasteiger partial charge is 0.507 e. The minimum Gasteiger partial charge on any atom is -0.507 e. The minimum absolute atomic E-state index is 0.0399. The van der Waals surface area contributed by atoms with Gasteiger partial charge >= 0.3 is 5.97 Å². The quantitative estimate of drug-likeness (QED) is 0.509. The first-order valence-electron chi connectivity index (χ1n) is 4.92. The van der Waals surface area contributed by atoms with Gasteiger partial charge in [0.15, 0.2) is 5.78 Å². The number of carbonyl (C=O) groups is 2. The Labute approximate surface area is 103 Å². The van der Waals surface area contributed by atoms with Crippen molar-refractivity contribution in [1.82, 2.24) is 0 Å². The van der Waals surface area contributed by atoms with Gasteiger partial charge in [0, 0.05) is 11.1 Å². The van der Waals surface area contributed by atoms with Crippen LogP contribution < -0.4 is 0 Å². The number of ketones is 1. The molecule has 0 aliphatic carbocycles. The number of esters is 1. The lowest BCUT2D eigenvalue weighted by molar-refractivity contribution is -0.137. The minimum atomic E-state index is -0.609. The molecule has 0 amide bonds. The average molecular weight is 255 g/mol. The molecule has 1 N–H and O–H groups in total. The first kappa shape index (κ1) is 13.3. The Morgan fingerprint density at radius 1 is 1.41 bits per heavy atom. The predicted octanol–water partition coefficient (Wildman–Crippen LogP) is 2.35. The molecule has 0 radical (unpaired) electrons. The summed E-state index contributed by atoms with van der Waals surface area (Å²) in [5.41, 5.74) is 0.0399. The van der Waals surface area contributed by atoms with E-state index in [1.807, 2.05) is 0 Å². The molecular formula is C12H11ClO4. The molecule has 0 atom stereocenters. The van der Waals surface area contributed by atoms with Gasteiger partial charge in [-0.3, -0.25) is 4.79 Å². The number of phenolic OH excluding ortho intramolecular Hbond substituents is 1. The maximum absolute atomic E-state index is 11.6. The zero-order chi connectivity index (χ0) is 12.8. The predicted molar refractivity (Wildman–Crippen MR) is 63.2 cm³/mol. The summed E-state index contributed by atoms with van der Waals surface area (Å²) >= 11 is 5.69. The molecule has 5 heteroatoms. The molecule has 0 fully saturated rings. The van der Waals surface area contributed by atoms with Crippen LogP contribution in [-0.2, 0) is 9.53 Å². The van der Waals surface area contributed by atoms with E-state index in [1.165, 1.54) is 18.2 Å². The number of allylic oxidation sites excluding steroid dienone is 1. The number of aromatic hydroxyl groups is 1. The first-order chi connectivity index (χ1) is 8.04. The topological polar surface area (TPSA) is 63.6 Å². The fraction of sp³-hybridized carbons (Fsp3) is 0.167. The number of ether oxygens (including phenoxy) is 1. The van der Waals surface area contributed by atoms with Crippen LogP contribution >= 0.6 is 11.6 Å². The Kier molecular flexibility index (Phi) is 4.72. The van der Waals surface area contributed by atoms with Gasteiger partial charge in [-0.25, -0.2) is 4.79 Å². The Bertz CT molecular complexity index is 466. The molecule has 1 aromatic rings. The van der Waals surface area contributed by atoms with Crippen molar-refractivity contribution in [3.8, 4) is 5.75 Å². The van der Waals surface area contributed by atoms with Crippen LogP contribution in [0.15, 0.2) is 30.4 Å². The summed E-state index contributed by atoms with van der Waals surface area (Å²) < 4.78 is 4.62. The normalized spacial score (nSPS) is 10.5. The van der Waals surface area contributed by atoms with Crippen molar-refractivity contribution in [2.75, 3.05) is 6.61 Å². The monoisotopic (exact) mass is 254 g/mol. The summed E-state index contributed by atoms with van der Waals surface area (Å²) in [6.07, 6.45) is 2.04. The zero-order valence-electron chi connectivity index (χ0n) is 9.14. The third kappa shape index (κ3) is 3.92. The second-order valence-electron chi connectivity index (χ2n) is 3.11. The molecule has 0 bridgehead atoms. The lowest BCUT2D eigenvalue weighted by Crippen LogP contribution is -2.01. The van der Waals surface area contributed by atoms with Gasteiger partial charge in [-0.05, 0) is 31.2 Å². The summed E-state index contributed by atoms with van der Waals surface area (Å²) in [6.45, 7) is 1.90. The number of carbonyl (C=O) groups excluding carboxylic acids is 2. The van der Waals surface area contributed by atoms with E-state index in [9.17, 15) is 14.7 Å². The van der Waals surface area contributed by atoms with E-state index in [-0.39, 0.29) is 17.9 Å². The summed E-state index contributed by atoms with van der Waals surface area (Å²) in [6, 6.07) is 4.10. The van der Waals surface area contributed by atoms with Crippen LogP contribution in [0.3, 0.4) is 0 Å². The number of halogens is 1. The van der Waals surface area contributed by atoms with E-state index in [2.05, 4.69) is 4.74 Å². The third-order valence-corrected chi connectivity index (χ3v) is 2.12. The van der Waals surface area contributed by atoms with Crippen LogP contribution in [0.2, 0.25) is 5.02 Å². The molecule has 90 valence electrons. The highest BCUT2D eigenvalue weighted by Crippen LogP contribution is 2.22. The van der Waals surface area contributed by atoms with Gasteiger partial charge in [-0.1, -0.05) is 11.6 Å². The van der Waals surface area contributed by atoms with E-state index in [4.69, 9.17) is 11.6 Å². The Balaban J connectivity index is 2.83. The standard InChI is InChI=1S/C12H11ClO4/c1-2-17-12(16)6-5-11(15)9-7-8(13)3-4-10(9)14/h3-7,14H,2H2,1H3. The summed E-state index contributed by atoms with van der Waals surface area (Å²) in [5, 5.41) is 9.77. The molecular weight excluding hydrogens is 244 g/mol. The highest BCUT2D eigenvalue weighted by atomic mass is 35.5. The lowest BCUT2D eigenvalue weighted by atomic mass is 10.1. The van der Waals surface area contributed by atoms with Crippen molar-refractivity contribution >= 4 is 23.4 Å². The van der Waals surface area contributed by atoms with Gasteiger partial charge < -0.3 is 9.84 Å². The van der Waals surface area contributed by atoms with E-state index < -0.39 is 11.8 Å². The molecule has 17 heavy (non-hydrogen) atoms. The molecule has 0 saturated heterocycles. The highest BCUT2D eigenvalue weighted by molar-refractivity contribution is 6.31. The highest BCUT2D eigenvalue weighted by Gasteiger charge is 2.09. The van der Waals surface area contributed by atoms with Crippen LogP contribution in [0.25, 0.3) is 0 Å². The van der Waals surface area contributed by atoms with Crippen molar-refractivity contribution in [2.45, 2.75) is 6.92 Å². The second kappa shape index (κ2) is 6.06. The van der Waals surface area contributed by atoms with Gasteiger partial charge in [-0.15, -0.1) is 0 Å². The summed E-state index contributed by atoms with van der Waals surface area (Å²) in [4.78, 5) is 22.6. The molecule has 0 aliphatic rings. The van der Waals surface area contributed by atoms with Gasteiger partial charge in [0.05, 0.1) is 12.2 Å². The smallest absolute Gasteiger partial charge is 0.330 e. The van der Waals surface area contributed by atoms with Crippen molar-refractivity contribution < 1.29 is 19.4 Å². The molecule has 0 unspecified atom stereocenters. The number of hydrogen-bond donors (Lipinski definition) is 1. The SMILES string of the molecule is CCOC(=O)C=CC(=O)c1cc(Cl)ccc1O. The van der Waals surface area contributed by atoms with Gasteiger partial charge in [0.1, 0.15) is 5.75 Å². The Hall–Kier alpha value is -1.81. The fourth-order valence-corrected chi connectivity index (χ4v) is 1.30. The fourth-order valence-electron chi connectivity index (χ4n) is 1.13. The average Bonchev–Trinajstić information content (AvgIpc) is 2.29. The summed E-state index contributed by atoms with van der Waals surface area (Å²) in [7, 11) is 0. The van der Waals surface area contributed by atoms with Crippen LogP contribution in [0, 0.1) is 0 Å². The van der Waals surface area contributed by atoms with Crippen LogP contribution in [0.5, 0.6) is 5.75 Å². The molecule has 0 aliphatic heterocycles. The van der Waals surface area contributed by atoms with Gasteiger partial charge in [0.25, 0.3) is 0 Å². The van der Waals surface area contributed by atoms with Gasteiger partial charge in [-0.2, -0.15) is 0 Å². The molecule has 1 aromatic carbocycles. The van der Waals surface area contributed by atoms with Crippen molar-refractivity contribution in [2.24, 2.45) is 0 Å². The van der Waals surface area contributed by atoms with Crippen molar-refractivity contribution in [1.29, 1.82) is 0 Å². The number of benzene rings is 1. The van der Waals surface area contributed by atoms with E-state index in [0.29, 0.717) is 5.02 Å². The lowest BCUT2D eigenvalue weighted by Gasteiger charge is -2.00. The first-order valence-corrected chi connectivity index (χ1v) is 5.30. The molecule has 4 nitrogen and oxygen atoms in total. The van der Waals surface area contributed by atoms with E-state index in [0.717, 1.165) is 12.2 Å². The maximum atomic E-state index is 11.6. The number of hydrogen-bond acceptors (Lipinski definition) is 4. The molecule has 0 spiro atoms. The molecule has 1 rings (SSSR count). The molecule has 0 aromatic heterocycles. The zero-order valence-corrected chi connectivity index (χ0v) is 9.90. The van der Waals surface area contributed by atoms with E-state index >= 15 is 0 Å². The maximum Gasteiger partial charge on any atom is 0.330 e. The Morgan fingerprint density at radius 3 is 2.76 bits per heavy atom. The number of phenols is 1. The Morgan fingerprint density at radius 2 is 2.12 bits per heavy atom. The van der Waals surface area contributed by atoms with Crippen LogP contribution in [0.1, 0.15) is 17.3 Å². The second-order valence-corrected chi connectivity index (χ2v) is 3.55. The summed E-state index contributed by atoms with van der Waals surface area (Å²) in [5.74, 6) is -1.31. The van der Waals surface area contributed by atoms with Crippen molar-refractivity contribution in [3.63, 3.8) is 0 Å². The molecule has 0 heterocycles. The number of rotatable bonds is 4. The third-order valence-electron chi connectivity index (χ3n) is 1.88. The van der Waals surface area contributed by atoms with Crippen LogP contribution in [0.4, 0.5) is 0 Å². The molecule has 0 saturated carbocycles. The van der Waals surface area contributed by atoms with Gasteiger partial charge in [0.2, 0.25) is 0 Å².